The third kappa shape index (κ3) is 3.11. The van der Waals surface area contributed by atoms with Gasteiger partial charge in [-0.05, 0) is 68.6 Å². The fourth-order valence-corrected chi connectivity index (χ4v) is 3.89. The second-order valence-corrected chi connectivity index (χ2v) is 7.25. The molecule has 1 aromatic carbocycles. The molecule has 1 amide bonds. The number of carbonyl (C=O) groups excluding carboxylic acids is 1. The molecule has 2 fully saturated rings. The molecule has 0 bridgehead atoms. The Kier molecular flexibility index (Phi) is 4.27. The predicted octanol–water partition coefficient (Wildman–Crippen LogP) is 2.98. The Labute approximate surface area is 131 Å². The monoisotopic (exact) mass is 304 g/mol. The average Bonchev–Trinajstić information content (AvgIpc) is 3.21. The largest absolute Gasteiger partial charge is 0.349 e. The van der Waals surface area contributed by atoms with E-state index in [0.717, 1.165) is 32.4 Å². The fraction of sp³-hybridized carbons (Fsp3) is 0.588. The van der Waals surface area contributed by atoms with Crippen molar-refractivity contribution >= 4 is 17.7 Å². The molecule has 21 heavy (non-hydrogen) atoms. The van der Waals surface area contributed by atoms with Gasteiger partial charge in [0.2, 0.25) is 5.91 Å². The minimum Gasteiger partial charge on any atom is -0.349 e. The molecule has 1 aliphatic carbocycles. The molecule has 1 aliphatic heterocycles. The summed E-state index contributed by atoms with van der Waals surface area (Å²) in [5, 5.41) is 6.58. The van der Waals surface area contributed by atoms with Crippen molar-refractivity contribution in [2.45, 2.75) is 37.1 Å². The third-order valence-electron chi connectivity index (χ3n) is 5.08. The first-order valence-corrected chi connectivity index (χ1v) is 9.02. The van der Waals surface area contributed by atoms with Crippen LogP contribution in [0.1, 0.15) is 37.8 Å². The van der Waals surface area contributed by atoms with Gasteiger partial charge in [-0.2, -0.15) is 0 Å². The van der Waals surface area contributed by atoms with Gasteiger partial charge in [-0.25, -0.2) is 0 Å². The van der Waals surface area contributed by atoms with E-state index in [1.54, 1.807) is 11.8 Å². The van der Waals surface area contributed by atoms with Crippen molar-refractivity contribution < 1.29 is 4.79 Å². The molecule has 3 nitrogen and oxygen atoms in total. The number of rotatable bonds is 4. The van der Waals surface area contributed by atoms with E-state index in [-0.39, 0.29) is 17.9 Å². The van der Waals surface area contributed by atoms with Crippen molar-refractivity contribution in [2.75, 3.05) is 19.3 Å². The van der Waals surface area contributed by atoms with Gasteiger partial charge in [0.05, 0.1) is 6.04 Å². The number of benzene rings is 1. The molecule has 2 unspecified atom stereocenters. The average molecular weight is 304 g/mol. The van der Waals surface area contributed by atoms with Crippen LogP contribution in [0.5, 0.6) is 0 Å². The summed E-state index contributed by atoms with van der Waals surface area (Å²) in [6, 6.07) is 8.56. The van der Waals surface area contributed by atoms with E-state index in [2.05, 4.69) is 48.1 Å². The highest BCUT2D eigenvalue weighted by Gasteiger charge is 2.57. The lowest BCUT2D eigenvalue weighted by Gasteiger charge is -2.23. The first-order chi connectivity index (χ1) is 10.1. The summed E-state index contributed by atoms with van der Waals surface area (Å²) >= 11 is 1.74. The maximum Gasteiger partial charge on any atom is 0.224 e. The highest BCUT2D eigenvalue weighted by atomic mass is 32.2. The number of nitrogens with one attached hydrogen (secondary N) is 2. The van der Waals surface area contributed by atoms with Crippen molar-refractivity contribution in [1.29, 1.82) is 0 Å². The van der Waals surface area contributed by atoms with E-state index in [1.165, 1.54) is 10.5 Å². The number of piperidine rings is 1. The van der Waals surface area contributed by atoms with Crippen LogP contribution < -0.4 is 10.6 Å². The highest BCUT2D eigenvalue weighted by Crippen LogP contribution is 2.58. The zero-order valence-electron chi connectivity index (χ0n) is 12.8. The zero-order chi connectivity index (χ0) is 14.9. The summed E-state index contributed by atoms with van der Waals surface area (Å²) in [4.78, 5) is 13.7. The summed E-state index contributed by atoms with van der Waals surface area (Å²) in [6.45, 7) is 4.20. The van der Waals surface area contributed by atoms with Gasteiger partial charge in [0.15, 0.2) is 0 Å². The first-order valence-electron chi connectivity index (χ1n) is 7.80. The van der Waals surface area contributed by atoms with Gasteiger partial charge in [-0.3, -0.25) is 4.79 Å². The fourth-order valence-electron chi connectivity index (χ4n) is 3.49. The Morgan fingerprint density at radius 1 is 1.33 bits per heavy atom. The van der Waals surface area contributed by atoms with Crippen LogP contribution in [0.25, 0.3) is 0 Å². The quantitative estimate of drug-likeness (QED) is 0.840. The van der Waals surface area contributed by atoms with Gasteiger partial charge in [-0.1, -0.05) is 12.1 Å². The summed E-state index contributed by atoms with van der Waals surface area (Å²) < 4.78 is 0. The molecule has 3 rings (SSSR count). The summed E-state index contributed by atoms with van der Waals surface area (Å²) in [5.41, 5.74) is 1.50. The second kappa shape index (κ2) is 6.01. The molecule has 1 saturated heterocycles. The van der Waals surface area contributed by atoms with Crippen LogP contribution in [-0.4, -0.2) is 25.3 Å². The zero-order valence-corrected chi connectivity index (χ0v) is 13.6. The summed E-state index contributed by atoms with van der Waals surface area (Å²) in [5.74, 6) is 0.492. The van der Waals surface area contributed by atoms with Gasteiger partial charge < -0.3 is 10.6 Å². The maximum absolute atomic E-state index is 12.4. The van der Waals surface area contributed by atoms with Gasteiger partial charge in [0.25, 0.3) is 0 Å². The van der Waals surface area contributed by atoms with E-state index in [4.69, 9.17) is 0 Å². The van der Waals surface area contributed by atoms with Crippen LogP contribution in [0.3, 0.4) is 0 Å². The van der Waals surface area contributed by atoms with Crippen LogP contribution in [0, 0.1) is 11.3 Å². The first kappa shape index (κ1) is 14.9. The van der Waals surface area contributed by atoms with Gasteiger partial charge >= 0.3 is 0 Å². The third-order valence-corrected chi connectivity index (χ3v) is 5.82. The molecular formula is C17H24N2OS. The SMILES string of the molecule is CSc1ccc(C(C)NC(=O)C2CC23CCNCC3)cc1. The van der Waals surface area contributed by atoms with Crippen LogP contribution in [-0.2, 0) is 4.79 Å². The van der Waals surface area contributed by atoms with Gasteiger partial charge in [0, 0.05) is 10.8 Å². The van der Waals surface area contributed by atoms with Gasteiger partial charge in [-0.15, -0.1) is 11.8 Å². The molecule has 1 spiro atoms. The lowest BCUT2D eigenvalue weighted by atomic mass is 9.91. The molecule has 0 aromatic heterocycles. The highest BCUT2D eigenvalue weighted by molar-refractivity contribution is 7.98. The Bertz CT molecular complexity index is 508. The minimum atomic E-state index is 0.0905. The topological polar surface area (TPSA) is 41.1 Å². The van der Waals surface area contributed by atoms with Crippen molar-refractivity contribution in [2.24, 2.45) is 11.3 Å². The van der Waals surface area contributed by atoms with E-state index in [0.29, 0.717) is 5.41 Å². The van der Waals surface area contributed by atoms with Gasteiger partial charge in [0.1, 0.15) is 0 Å². The Balaban J connectivity index is 1.57. The van der Waals surface area contributed by atoms with E-state index >= 15 is 0 Å². The van der Waals surface area contributed by atoms with E-state index in [9.17, 15) is 4.79 Å². The smallest absolute Gasteiger partial charge is 0.224 e. The van der Waals surface area contributed by atoms with Crippen LogP contribution in [0.15, 0.2) is 29.2 Å². The van der Waals surface area contributed by atoms with Crippen molar-refractivity contribution in [3.8, 4) is 0 Å². The Morgan fingerprint density at radius 3 is 2.62 bits per heavy atom. The number of thioether (sulfide) groups is 1. The number of hydrogen-bond donors (Lipinski definition) is 2. The maximum atomic E-state index is 12.4. The standard InChI is InChI=1S/C17H24N2OS/c1-12(13-3-5-14(21-2)6-4-13)19-16(20)15-11-17(15)7-9-18-10-8-17/h3-6,12,15,18H,7-11H2,1-2H3,(H,19,20). The molecule has 2 aliphatic rings. The second-order valence-electron chi connectivity index (χ2n) is 6.37. The van der Waals surface area contributed by atoms with Crippen molar-refractivity contribution in [3.63, 3.8) is 0 Å². The number of carbonyl (C=O) groups is 1. The molecule has 1 aromatic rings. The van der Waals surface area contributed by atoms with Crippen molar-refractivity contribution in [3.05, 3.63) is 29.8 Å². The van der Waals surface area contributed by atoms with E-state index in [1.807, 2.05) is 0 Å². The summed E-state index contributed by atoms with van der Waals surface area (Å²) in [6.07, 6.45) is 5.47. The van der Waals surface area contributed by atoms with Crippen molar-refractivity contribution in [1.82, 2.24) is 10.6 Å². The van der Waals surface area contributed by atoms with Crippen LogP contribution in [0.4, 0.5) is 0 Å². The Hall–Kier alpha value is -1.00. The predicted molar refractivity (Wildman–Crippen MR) is 87.4 cm³/mol. The van der Waals surface area contributed by atoms with E-state index < -0.39 is 0 Å². The minimum absolute atomic E-state index is 0.0905. The van der Waals surface area contributed by atoms with Crippen LogP contribution in [0.2, 0.25) is 0 Å². The lowest BCUT2D eigenvalue weighted by Crippen LogP contribution is -2.34. The number of hydrogen-bond acceptors (Lipinski definition) is 3. The van der Waals surface area contributed by atoms with Crippen LogP contribution >= 0.6 is 11.8 Å². The molecule has 114 valence electrons. The molecule has 2 atom stereocenters. The Morgan fingerprint density at radius 2 is 2.00 bits per heavy atom. The molecule has 0 radical (unpaired) electrons. The molecule has 2 N–H and O–H groups in total. The normalized spacial score (nSPS) is 24.6. The lowest BCUT2D eigenvalue weighted by molar-refractivity contribution is -0.123. The number of amides is 1. The molecule has 1 heterocycles. The molecule has 1 saturated carbocycles. The molecular weight excluding hydrogens is 280 g/mol. The summed E-state index contributed by atoms with van der Waals surface area (Å²) in [7, 11) is 0. The molecule has 4 heteroatoms.